The van der Waals surface area contributed by atoms with Gasteiger partial charge in [0.15, 0.2) is 0 Å². The number of piperidine rings is 1. The van der Waals surface area contributed by atoms with Crippen molar-refractivity contribution in [3.05, 3.63) is 29.7 Å². The Hall–Kier alpha value is -1.69. The standard InChI is InChI=1S/C14H21N5O/c1-10(14-17-16-11(2)20-14)19-6-4-12(5-7-19)13-8-15-18(3)9-13/h8-10,12H,4-7H2,1-3H3/t10-/m0/s1. The van der Waals surface area contributed by atoms with E-state index >= 15 is 0 Å². The number of rotatable bonds is 3. The van der Waals surface area contributed by atoms with Gasteiger partial charge in [-0.3, -0.25) is 9.58 Å². The highest BCUT2D eigenvalue weighted by molar-refractivity contribution is 5.12. The summed E-state index contributed by atoms with van der Waals surface area (Å²) in [6.07, 6.45) is 6.43. The number of likely N-dealkylation sites (tertiary alicyclic amines) is 1. The Labute approximate surface area is 118 Å². The quantitative estimate of drug-likeness (QED) is 0.858. The molecule has 2 aromatic rings. The van der Waals surface area contributed by atoms with Gasteiger partial charge in [0.05, 0.1) is 12.2 Å². The summed E-state index contributed by atoms with van der Waals surface area (Å²) < 4.78 is 7.42. The van der Waals surface area contributed by atoms with E-state index in [0.717, 1.165) is 31.8 Å². The number of hydrogen-bond acceptors (Lipinski definition) is 5. The number of nitrogens with zero attached hydrogens (tertiary/aromatic N) is 5. The van der Waals surface area contributed by atoms with Crippen molar-refractivity contribution in [2.45, 2.75) is 38.6 Å². The Morgan fingerprint density at radius 3 is 2.60 bits per heavy atom. The minimum Gasteiger partial charge on any atom is -0.424 e. The molecule has 0 radical (unpaired) electrons. The molecule has 1 aliphatic heterocycles. The van der Waals surface area contributed by atoms with Gasteiger partial charge in [-0.1, -0.05) is 0 Å². The van der Waals surface area contributed by atoms with Crippen molar-refractivity contribution in [2.24, 2.45) is 7.05 Å². The molecule has 1 atom stereocenters. The van der Waals surface area contributed by atoms with Crippen LogP contribution in [0, 0.1) is 6.92 Å². The molecule has 3 heterocycles. The topological polar surface area (TPSA) is 60.0 Å². The van der Waals surface area contributed by atoms with Crippen molar-refractivity contribution in [1.82, 2.24) is 24.9 Å². The van der Waals surface area contributed by atoms with Crippen LogP contribution in [0.1, 0.15) is 49.1 Å². The molecule has 3 rings (SSSR count). The van der Waals surface area contributed by atoms with Crippen molar-refractivity contribution in [3.8, 4) is 0 Å². The minimum atomic E-state index is 0.200. The van der Waals surface area contributed by atoms with Gasteiger partial charge in [-0.25, -0.2) is 0 Å². The van der Waals surface area contributed by atoms with Crippen LogP contribution in [0.15, 0.2) is 16.8 Å². The van der Waals surface area contributed by atoms with Gasteiger partial charge in [0.25, 0.3) is 0 Å². The molecule has 1 fully saturated rings. The first-order chi connectivity index (χ1) is 9.63. The molecule has 0 aliphatic carbocycles. The van der Waals surface area contributed by atoms with Crippen LogP contribution < -0.4 is 0 Å². The van der Waals surface area contributed by atoms with Crippen molar-refractivity contribution in [2.75, 3.05) is 13.1 Å². The van der Waals surface area contributed by atoms with E-state index in [4.69, 9.17) is 4.42 Å². The van der Waals surface area contributed by atoms with Gasteiger partial charge in [0, 0.05) is 20.2 Å². The third-order valence-corrected chi connectivity index (χ3v) is 4.17. The number of aromatic nitrogens is 4. The molecule has 0 N–H and O–H groups in total. The van der Waals surface area contributed by atoms with E-state index in [1.807, 2.05) is 24.9 Å². The van der Waals surface area contributed by atoms with Gasteiger partial charge in [-0.2, -0.15) is 5.10 Å². The summed E-state index contributed by atoms with van der Waals surface area (Å²) in [6.45, 7) is 6.08. The fourth-order valence-electron chi connectivity index (χ4n) is 2.91. The van der Waals surface area contributed by atoms with Gasteiger partial charge < -0.3 is 4.42 Å². The van der Waals surface area contributed by atoms with Crippen molar-refractivity contribution in [3.63, 3.8) is 0 Å². The van der Waals surface area contributed by atoms with E-state index in [1.165, 1.54) is 5.56 Å². The highest BCUT2D eigenvalue weighted by Gasteiger charge is 2.27. The van der Waals surface area contributed by atoms with Crippen LogP contribution in [-0.4, -0.2) is 38.0 Å². The maximum absolute atomic E-state index is 5.54. The van der Waals surface area contributed by atoms with Gasteiger partial charge in [-0.05, 0) is 44.3 Å². The summed E-state index contributed by atoms with van der Waals surface area (Å²) in [6, 6.07) is 0.200. The van der Waals surface area contributed by atoms with Crippen LogP contribution in [0.4, 0.5) is 0 Å². The van der Waals surface area contributed by atoms with E-state index in [1.54, 1.807) is 0 Å². The smallest absolute Gasteiger partial charge is 0.233 e. The predicted octanol–water partition coefficient (Wildman–Crippen LogP) is 2.05. The van der Waals surface area contributed by atoms with Crippen molar-refractivity contribution >= 4 is 0 Å². The van der Waals surface area contributed by atoms with Gasteiger partial charge in [-0.15, -0.1) is 10.2 Å². The lowest BCUT2D eigenvalue weighted by molar-refractivity contribution is 0.142. The third-order valence-electron chi connectivity index (χ3n) is 4.17. The molecule has 2 aromatic heterocycles. The Kier molecular flexibility index (Phi) is 3.56. The normalized spacial score (nSPS) is 19.4. The van der Waals surface area contributed by atoms with Gasteiger partial charge >= 0.3 is 0 Å². The fourth-order valence-corrected chi connectivity index (χ4v) is 2.91. The Morgan fingerprint density at radius 1 is 1.30 bits per heavy atom. The molecule has 0 bridgehead atoms. The van der Waals surface area contributed by atoms with Crippen LogP contribution in [-0.2, 0) is 7.05 Å². The van der Waals surface area contributed by atoms with Crippen molar-refractivity contribution in [1.29, 1.82) is 0 Å². The minimum absolute atomic E-state index is 0.200. The Balaban J connectivity index is 1.61. The first kappa shape index (κ1) is 13.3. The van der Waals surface area contributed by atoms with Crippen LogP contribution in [0.5, 0.6) is 0 Å². The average Bonchev–Trinajstić information content (AvgIpc) is 3.07. The highest BCUT2D eigenvalue weighted by Crippen LogP contribution is 2.31. The van der Waals surface area contributed by atoms with Crippen LogP contribution >= 0.6 is 0 Å². The summed E-state index contributed by atoms with van der Waals surface area (Å²) in [5.74, 6) is 1.98. The second-order valence-corrected chi connectivity index (χ2v) is 5.59. The number of hydrogen-bond donors (Lipinski definition) is 0. The molecular formula is C14H21N5O. The van der Waals surface area contributed by atoms with Gasteiger partial charge in [0.2, 0.25) is 11.8 Å². The largest absolute Gasteiger partial charge is 0.424 e. The molecule has 0 unspecified atom stereocenters. The zero-order valence-corrected chi connectivity index (χ0v) is 12.3. The monoisotopic (exact) mass is 275 g/mol. The van der Waals surface area contributed by atoms with Gasteiger partial charge in [0.1, 0.15) is 0 Å². The first-order valence-electron chi connectivity index (χ1n) is 7.16. The lowest BCUT2D eigenvalue weighted by atomic mass is 9.91. The van der Waals surface area contributed by atoms with Crippen LogP contribution in [0.3, 0.4) is 0 Å². The summed E-state index contributed by atoms with van der Waals surface area (Å²) in [5.41, 5.74) is 1.36. The van der Waals surface area contributed by atoms with Crippen LogP contribution in [0.2, 0.25) is 0 Å². The summed E-state index contributed by atoms with van der Waals surface area (Å²) in [7, 11) is 1.97. The van der Waals surface area contributed by atoms with E-state index < -0.39 is 0 Å². The average molecular weight is 275 g/mol. The molecular weight excluding hydrogens is 254 g/mol. The molecule has 6 nitrogen and oxygen atoms in total. The summed E-state index contributed by atoms with van der Waals surface area (Å²) in [4.78, 5) is 2.42. The predicted molar refractivity (Wildman–Crippen MR) is 74.2 cm³/mol. The first-order valence-corrected chi connectivity index (χ1v) is 7.16. The molecule has 0 spiro atoms. The summed E-state index contributed by atoms with van der Waals surface area (Å²) in [5, 5.41) is 12.3. The molecule has 6 heteroatoms. The van der Waals surface area contributed by atoms with E-state index in [0.29, 0.717) is 11.8 Å². The second kappa shape index (κ2) is 5.36. The van der Waals surface area contributed by atoms with Crippen LogP contribution in [0.25, 0.3) is 0 Å². The molecule has 20 heavy (non-hydrogen) atoms. The molecule has 1 aliphatic rings. The van der Waals surface area contributed by atoms with E-state index in [2.05, 4.69) is 33.3 Å². The SMILES string of the molecule is Cc1nnc([C@H](C)N2CCC(c3cnn(C)c3)CC2)o1. The summed E-state index contributed by atoms with van der Waals surface area (Å²) >= 11 is 0. The maximum atomic E-state index is 5.54. The zero-order valence-electron chi connectivity index (χ0n) is 12.3. The lowest BCUT2D eigenvalue weighted by Crippen LogP contribution is -2.35. The fraction of sp³-hybridized carbons (Fsp3) is 0.643. The zero-order chi connectivity index (χ0) is 14.1. The molecule has 0 amide bonds. The molecule has 0 saturated carbocycles. The highest BCUT2D eigenvalue weighted by atomic mass is 16.4. The molecule has 108 valence electrons. The lowest BCUT2D eigenvalue weighted by Gasteiger charge is -2.34. The van der Waals surface area contributed by atoms with E-state index in [-0.39, 0.29) is 6.04 Å². The third kappa shape index (κ3) is 2.60. The maximum Gasteiger partial charge on any atom is 0.233 e. The Morgan fingerprint density at radius 2 is 2.05 bits per heavy atom. The number of aryl methyl sites for hydroxylation is 2. The Bertz CT molecular complexity index is 568. The van der Waals surface area contributed by atoms with E-state index in [9.17, 15) is 0 Å². The second-order valence-electron chi connectivity index (χ2n) is 5.59. The van der Waals surface area contributed by atoms with Crippen molar-refractivity contribution < 1.29 is 4.42 Å². The molecule has 0 aromatic carbocycles. The molecule has 1 saturated heterocycles.